The average Bonchev–Trinajstić information content (AvgIpc) is 2.72. The normalized spacial score (nSPS) is 14.8. The minimum Gasteiger partial charge on any atom is -0.367 e. The summed E-state index contributed by atoms with van der Waals surface area (Å²) < 4.78 is 37.1. The summed E-state index contributed by atoms with van der Waals surface area (Å²) >= 11 is 6.21. The van der Waals surface area contributed by atoms with Crippen LogP contribution in [0.15, 0.2) is 54.6 Å². The van der Waals surface area contributed by atoms with Crippen molar-refractivity contribution in [2.45, 2.75) is 6.18 Å². The van der Waals surface area contributed by atoms with E-state index < -0.39 is 12.1 Å². The molecule has 0 radical (unpaired) electrons. The quantitative estimate of drug-likeness (QED) is 0.729. The van der Waals surface area contributed by atoms with Gasteiger partial charge >= 0.3 is 12.1 Å². The van der Waals surface area contributed by atoms with E-state index in [0.29, 0.717) is 31.9 Å². The van der Waals surface area contributed by atoms with Crippen molar-refractivity contribution in [3.05, 3.63) is 65.2 Å². The summed E-state index contributed by atoms with van der Waals surface area (Å²) in [5.74, 6) is -2.14. The number of halogens is 4. The third-order valence-corrected chi connectivity index (χ3v) is 4.92. The van der Waals surface area contributed by atoms with E-state index in [1.807, 2.05) is 35.2 Å². The lowest BCUT2D eigenvalue weighted by Gasteiger charge is -2.36. The van der Waals surface area contributed by atoms with Crippen LogP contribution in [0.2, 0.25) is 5.02 Å². The second-order valence-electron chi connectivity index (χ2n) is 6.67. The lowest BCUT2D eigenvalue weighted by Crippen LogP contribution is -2.48. The minimum absolute atomic E-state index is 0.0362. The van der Waals surface area contributed by atoms with Crippen molar-refractivity contribution in [2.24, 2.45) is 0 Å². The molecule has 30 heavy (non-hydrogen) atoms. The first kappa shape index (κ1) is 21.7. The van der Waals surface area contributed by atoms with E-state index in [0.717, 1.165) is 5.56 Å². The first-order valence-corrected chi connectivity index (χ1v) is 9.56. The fourth-order valence-electron chi connectivity index (χ4n) is 3.05. The number of alkyl halides is 3. The minimum atomic E-state index is -4.97. The van der Waals surface area contributed by atoms with E-state index in [4.69, 9.17) is 11.6 Å². The van der Waals surface area contributed by atoms with Gasteiger partial charge in [0.2, 0.25) is 5.91 Å². The summed E-state index contributed by atoms with van der Waals surface area (Å²) in [5.41, 5.74) is 1.54. The van der Waals surface area contributed by atoms with Gasteiger partial charge in [-0.2, -0.15) is 13.2 Å². The molecule has 0 atom stereocenters. The molecule has 0 aliphatic carbocycles. The number of hydrogen-bond acceptors (Lipinski definition) is 3. The molecule has 1 N–H and O–H groups in total. The lowest BCUT2D eigenvalue weighted by molar-refractivity contribution is -0.167. The molecular weight excluding hydrogens is 419 g/mol. The third-order valence-electron chi connectivity index (χ3n) is 4.61. The summed E-state index contributed by atoms with van der Waals surface area (Å²) in [4.78, 5) is 27.1. The van der Waals surface area contributed by atoms with Crippen LogP contribution in [0, 0.1) is 0 Å². The van der Waals surface area contributed by atoms with Crippen molar-refractivity contribution in [3.63, 3.8) is 0 Å². The van der Waals surface area contributed by atoms with Crippen LogP contribution in [0.5, 0.6) is 0 Å². The molecule has 1 fully saturated rings. The first-order chi connectivity index (χ1) is 14.2. The van der Waals surface area contributed by atoms with Crippen LogP contribution in [0.1, 0.15) is 5.56 Å². The van der Waals surface area contributed by atoms with Crippen molar-refractivity contribution in [3.8, 4) is 0 Å². The molecular formula is C21H19ClF3N3O2. The van der Waals surface area contributed by atoms with Crippen molar-refractivity contribution in [2.75, 3.05) is 36.4 Å². The molecule has 0 bridgehead atoms. The van der Waals surface area contributed by atoms with Gasteiger partial charge in [0, 0.05) is 37.9 Å². The number of carbonyl (C=O) groups is 2. The highest BCUT2D eigenvalue weighted by Gasteiger charge is 2.38. The van der Waals surface area contributed by atoms with Crippen LogP contribution in [0.4, 0.5) is 24.5 Å². The Morgan fingerprint density at radius 1 is 1.00 bits per heavy atom. The van der Waals surface area contributed by atoms with Gasteiger partial charge in [0.15, 0.2) is 0 Å². The third kappa shape index (κ3) is 5.54. The summed E-state index contributed by atoms with van der Waals surface area (Å²) in [7, 11) is 0. The summed E-state index contributed by atoms with van der Waals surface area (Å²) in [6.45, 7) is 2.03. The van der Waals surface area contributed by atoms with Gasteiger partial charge in [-0.05, 0) is 29.8 Å². The number of nitrogens with zero attached hydrogens (tertiary/aromatic N) is 2. The van der Waals surface area contributed by atoms with E-state index in [1.54, 1.807) is 22.4 Å². The van der Waals surface area contributed by atoms with Crippen molar-refractivity contribution in [1.82, 2.24) is 4.90 Å². The molecule has 1 saturated heterocycles. The van der Waals surface area contributed by atoms with E-state index in [1.165, 1.54) is 18.2 Å². The van der Waals surface area contributed by atoms with Gasteiger partial charge in [-0.3, -0.25) is 9.59 Å². The Balaban J connectivity index is 1.57. The highest BCUT2D eigenvalue weighted by molar-refractivity contribution is 6.33. The lowest BCUT2D eigenvalue weighted by atomic mass is 10.2. The van der Waals surface area contributed by atoms with Crippen molar-refractivity contribution >= 4 is 40.9 Å². The SMILES string of the molecule is O=C(/C=C/c1ccccc1)N1CCN(c2ccc(NC(=O)C(F)(F)F)cc2Cl)CC1. The van der Waals surface area contributed by atoms with E-state index in [9.17, 15) is 22.8 Å². The smallest absolute Gasteiger partial charge is 0.367 e. The Kier molecular flexibility index (Phi) is 6.66. The van der Waals surface area contributed by atoms with E-state index in [-0.39, 0.29) is 16.6 Å². The number of carbonyl (C=O) groups excluding carboxylic acids is 2. The largest absolute Gasteiger partial charge is 0.471 e. The van der Waals surface area contributed by atoms with Crippen LogP contribution in [-0.4, -0.2) is 49.1 Å². The van der Waals surface area contributed by atoms with E-state index in [2.05, 4.69) is 0 Å². The molecule has 0 unspecified atom stereocenters. The molecule has 0 aromatic heterocycles. The van der Waals surface area contributed by atoms with Gasteiger partial charge in [0.1, 0.15) is 0 Å². The van der Waals surface area contributed by atoms with Crippen molar-refractivity contribution < 1.29 is 22.8 Å². The number of hydrogen-bond donors (Lipinski definition) is 1. The van der Waals surface area contributed by atoms with Crippen LogP contribution in [-0.2, 0) is 9.59 Å². The topological polar surface area (TPSA) is 52.7 Å². The Bertz CT molecular complexity index is 940. The van der Waals surface area contributed by atoms with Crippen LogP contribution in [0.25, 0.3) is 6.08 Å². The summed E-state index contributed by atoms with van der Waals surface area (Å²) in [5, 5.41) is 2.00. The van der Waals surface area contributed by atoms with Crippen LogP contribution < -0.4 is 10.2 Å². The monoisotopic (exact) mass is 437 g/mol. The fraction of sp³-hybridized carbons (Fsp3) is 0.238. The van der Waals surface area contributed by atoms with Gasteiger partial charge in [-0.25, -0.2) is 0 Å². The second kappa shape index (κ2) is 9.21. The maximum Gasteiger partial charge on any atom is 0.471 e. The molecule has 3 rings (SSSR count). The first-order valence-electron chi connectivity index (χ1n) is 9.19. The number of anilines is 2. The maximum absolute atomic E-state index is 12.4. The Morgan fingerprint density at radius 2 is 1.67 bits per heavy atom. The Labute approximate surface area is 176 Å². The van der Waals surface area contributed by atoms with Crippen LogP contribution >= 0.6 is 11.6 Å². The molecule has 0 saturated carbocycles. The molecule has 2 aromatic rings. The zero-order valence-electron chi connectivity index (χ0n) is 15.8. The molecule has 158 valence electrons. The molecule has 2 amide bonds. The van der Waals surface area contributed by atoms with E-state index >= 15 is 0 Å². The molecule has 1 heterocycles. The average molecular weight is 438 g/mol. The highest BCUT2D eigenvalue weighted by Crippen LogP contribution is 2.30. The fourth-order valence-corrected chi connectivity index (χ4v) is 3.35. The van der Waals surface area contributed by atoms with Gasteiger partial charge in [0.05, 0.1) is 10.7 Å². The molecule has 2 aromatic carbocycles. The Hall–Kier alpha value is -3.00. The number of piperazine rings is 1. The summed E-state index contributed by atoms with van der Waals surface area (Å²) in [6.07, 6.45) is -1.67. The second-order valence-corrected chi connectivity index (χ2v) is 7.08. The Morgan fingerprint density at radius 3 is 2.27 bits per heavy atom. The van der Waals surface area contributed by atoms with Gasteiger partial charge < -0.3 is 15.1 Å². The summed E-state index contributed by atoms with van der Waals surface area (Å²) in [6, 6.07) is 13.7. The predicted molar refractivity (Wildman–Crippen MR) is 110 cm³/mol. The highest BCUT2D eigenvalue weighted by atomic mass is 35.5. The van der Waals surface area contributed by atoms with Crippen molar-refractivity contribution in [1.29, 1.82) is 0 Å². The number of nitrogens with one attached hydrogen (secondary N) is 1. The predicted octanol–water partition coefficient (Wildman–Crippen LogP) is 4.20. The van der Waals surface area contributed by atoms with Gasteiger partial charge in [0.25, 0.3) is 0 Å². The molecule has 0 spiro atoms. The maximum atomic E-state index is 12.4. The van der Waals surface area contributed by atoms with Gasteiger partial charge in [-0.15, -0.1) is 0 Å². The number of rotatable bonds is 4. The number of benzene rings is 2. The molecule has 1 aliphatic rings. The number of amides is 2. The molecule has 5 nitrogen and oxygen atoms in total. The molecule has 1 aliphatic heterocycles. The zero-order valence-corrected chi connectivity index (χ0v) is 16.6. The molecule has 9 heteroatoms. The van der Waals surface area contributed by atoms with Gasteiger partial charge in [-0.1, -0.05) is 41.9 Å². The van der Waals surface area contributed by atoms with Crippen LogP contribution in [0.3, 0.4) is 0 Å². The zero-order chi connectivity index (χ0) is 21.7. The standard InChI is InChI=1S/C21H19ClF3N3O2/c22-17-14-16(26-20(30)21(23,24)25)7-8-18(17)27-10-12-28(13-11-27)19(29)9-6-15-4-2-1-3-5-15/h1-9,14H,10-13H2,(H,26,30)/b9-6+.